The maximum Gasteiger partial charge on any atom is 0.231 e. The highest BCUT2D eigenvalue weighted by molar-refractivity contribution is 5.76. The van der Waals surface area contributed by atoms with Gasteiger partial charge < -0.3 is 19.3 Å². The molecule has 1 fully saturated rings. The Labute approximate surface area is 175 Å². The van der Waals surface area contributed by atoms with Gasteiger partial charge in [-0.1, -0.05) is 0 Å². The number of piperazine rings is 1. The Hall–Kier alpha value is -3.36. The average Bonchev–Trinajstić information content (AvgIpc) is 3.21. The molecular weight excluding hydrogens is 384 g/mol. The number of carbonyl (C=O) groups excluding carboxylic acids is 1. The molecule has 0 atom stereocenters. The van der Waals surface area contributed by atoms with Crippen molar-refractivity contribution in [1.29, 1.82) is 0 Å². The lowest BCUT2D eigenvalue weighted by Crippen LogP contribution is -2.48. The zero-order valence-corrected chi connectivity index (χ0v) is 17.3. The van der Waals surface area contributed by atoms with Crippen molar-refractivity contribution in [2.45, 2.75) is 19.3 Å². The van der Waals surface area contributed by atoms with E-state index in [1.807, 2.05) is 23.1 Å². The minimum Gasteiger partial charge on any atom is -0.497 e. The largest absolute Gasteiger partial charge is 0.497 e. The molecule has 0 bridgehead atoms. The molecule has 158 valence electrons. The maximum atomic E-state index is 12.6. The Morgan fingerprint density at radius 3 is 2.43 bits per heavy atom. The van der Waals surface area contributed by atoms with Crippen molar-refractivity contribution >= 4 is 17.2 Å². The lowest BCUT2D eigenvalue weighted by atomic mass is 10.2. The number of hydrogen-bond acceptors (Lipinski definition) is 7. The molecule has 1 saturated heterocycles. The predicted octanol–water partition coefficient (Wildman–Crippen LogP) is 1.81. The number of anilines is 1. The van der Waals surface area contributed by atoms with Crippen LogP contribution in [0.1, 0.15) is 18.7 Å². The number of fused-ring (bicyclic) bond motifs is 1. The first-order valence-electron chi connectivity index (χ1n) is 10.1. The molecule has 0 saturated carbocycles. The molecule has 30 heavy (non-hydrogen) atoms. The van der Waals surface area contributed by atoms with Gasteiger partial charge in [-0.05, 0) is 36.8 Å². The van der Waals surface area contributed by atoms with E-state index in [1.54, 1.807) is 24.8 Å². The number of methoxy groups -OCH3 is 2. The maximum absolute atomic E-state index is 12.6. The smallest absolute Gasteiger partial charge is 0.231 e. The molecule has 2 aromatic heterocycles. The first kappa shape index (κ1) is 19.9. The third-order valence-electron chi connectivity index (χ3n) is 5.37. The number of benzene rings is 1. The minimum absolute atomic E-state index is 0.184. The van der Waals surface area contributed by atoms with Crippen molar-refractivity contribution in [2.75, 3.05) is 45.3 Å². The van der Waals surface area contributed by atoms with Crippen LogP contribution >= 0.6 is 0 Å². The normalized spacial score (nSPS) is 14.2. The van der Waals surface area contributed by atoms with Crippen molar-refractivity contribution in [2.24, 2.45) is 0 Å². The van der Waals surface area contributed by atoms with Gasteiger partial charge in [-0.25, -0.2) is 0 Å². The third kappa shape index (κ3) is 4.29. The molecule has 0 spiro atoms. The van der Waals surface area contributed by atoms with Crippen LogP contribution in [0.3, 0.4) is 0 Å². The Bertz CT molecular complexity index is 996. The highest BCUT2D eigenvalue weighted by Crippen LogP contribution is 2.21. The van der Waals surface area contributed by atoms with Crippen LogP contribution in [0.15, 0.2) is 36.4 Å². The van der Waals surface area contributed by atoms with Gasteiger partial charge in [-0.15, -0.1) is 15.3 Å². The van der Waals surface area contributed by atoms with E-state index in [1.165, 1.54) is 0 Å². The van der Waals surface area contributed by atoms with Crippen molar-refractivity contribution in [3.05, 3.63) is 42.2 Å². The molecule has 9 nitrogen and oxygen atoms in total. The number of ether oxygens (including phenoxy) is 2. The van der Waals surface area contributed by atoms with Crippen LogP contribution in [0.4, 0.5) is 5.69 Å². The van der Waals surface area contributed by atoms with Gasteiger partial charge in [0.1, 0.15) is 5.75 Å². The topological polar surface area (TPSA) is 85.1 Å². The van der Waals surface area contributed by atoms with Crippen LogP contribution < -0.4 is 14.4 Å². The standard InChI is InChI=1S/C21H26N6O3/c1-29-17-8-6-16(7-9-17)25-12-14-26(15-13-25)21(28)5-3-4-18-22-23-19-10-11-20(30-2)24-27(18)19/h6-11H,3-5,12-15H2,1-2H3. The molecule has 9 heteroatoms. The zero-order valence-electron chi connectivity index (χ0n) is 17.3. The second-order valence-electron chi connectivity index (χ2n) is 7.18. The summed E-state index contributed by atoms with van der Waals surface area (Å²) in [5.74, 6) is 2.28. The lowest BCUT2D eigenvalue weighted by Gasteiger charge is -2.36. The first-order chi connectivity index (χ1) is 14.7. The monoisotopic (exact) mass is 410 g/mol. The van der Waals surface area contributed by atoms with Crippen LogP contribution in [0.5, 0.6) is 11.6 Å². The number of nitrogens with zero attached hydrogens (tertiary/aromatic N) is 6. The van der Waals surface area contributed by atoms with Crippen molar-refractivity contribution in [1.82, 2.24) is 24.7 Å². The Kier molecular flexibility index (Phi) is 5.97. The van der Waals surface area contributed by atoms with E-state index in [4.69, 9.17) is 9.47 Å². The summed E-state index contributed by atoms with van der Waals surface area (Å²) in [5.41, 5.74) is 1.83. The number of amides is 1. The van der Waals surface area contributed by atoms with Gasteiger partial charge >= 0.3 is 0 Å². The van der Waals surface area contributed by atoms with Crippen LogP contribution in [0.25, 0.3) is 5.65 Å². The second kappa shape index (κ2) is 8.98. The fraction of sp³-hybridized carbons (Fsp3) is 0.429. The Balaban J connectivity index is 1.26. The van der Waals surface area contributed by atoms with Gasteiger partial charge in [0.05, 0.1) is 14.2 Å². The van der Waals surface area contributed by atoms with E-state index in [0.717, 1.165) is 43.4 Å². The van der Waals surface area contributed by atoms with E-state index in [0.29, 0.717) is 30.8 Å². The second-order valence-corrected chi connectivity index (χ2v) is 7.18. The highest BCUT2D eigenvalue weighted by atomic mass is 16.5. The zero-order chi connectivity index (χ0) is 20.9. The SMILES string of the molecule is COc1ccc(N2CCN(C(=O)CCCc3nnc4ccc(OC)nn34)CC2)cc1. The van der Waals surface area contributed by atoms with Crippen LogP contribution in [-0.4, -0.2) is 71.0 Å². The molecule has 4 rings (SSSR count). The number of carbonyl (C=O) groups is 1. The molecular formula is C21H26N6O3. The molecule has 0 radical (unpaired) electrons. The summed E-state index contributed by atoms with van der Waals surface area (Å²) >= 11 is 0. The van der Waals surface area contributed by atoms with Crippen LogP contribution in [-0.2, 0) is 11.2 Å². The van der Waals surface area contributed by atoms with Gasteiger partial charge in [0.2, 0.25) is 11.8 Å². The molecule has 1 amide bonds. The molecule has 0 N–H and O–H groups in total. The number of aromatic nitrogens is 4. The summed E-state index contributed by atoms with van der Waals surface area (Å²) in [4.78, 5) is 16.9. The lowest BCUT2D eigenvalue weighted by molar-refractivity contribution is -0.131. The van der Waals surface area contributed by atoms with E-state index in [2.05, 4.69) is 32.3 Å². The van der Waals surface area contributed by atoms with Crippen molar-refractivity contribution in [3.8, 4) is 11.6 Å². The molecule has 1 aromatic carbocycles. The quantitative estimate of drug-likeness (QED) is 0.587. The fourth-order valence-corrected chi connectivity index (χ4v) is 3.64. The molecule has 0 aliphatic carbocycles. The van der Waals surface area contributed by atoms with Gasteiger partial charge in [0, 0.05) is 50.8 Å². The van der Waals surface area contributed by atoms with E-state index in [-0.39, 0.29) is 5.91 Å². The molecule has 1 aliphatic rings. The highest BCUT2D eigenvalue weighted by Gasteiger charge is 2.21. The van der Waals surface area contributed by atoms with E-state index in [9.17, 15) is 4.79 Å². The summed E-state index contributed by atoms with van der Waals surface area (Å²) in [7, 11) is 3.24. The molecule has 0 unspecified atom stereocenters. The summed E-state index contributed by atoms with van der Waals surface area (Å²) in [5, 5.41) is 12.7. The number of aryl methyl sites for hydroxylation is 1. The summed E-state index contributed by atoms with van der Waals surface area (Å²) < 4.78 is 12.1. The van der Waals surface area contributed by atoms with Crippen LogP contribution in [0.2, 0.25) is 0 Å². The van der Waals surface area contributed by atoms with Gasteiger partial charge in [0.15, 0.2) is 11.5 Å². The Morgan fingerprint density at radius 1 is 0.967 bits per heavy atom. The van der Waals surface area contributed by atoms with E-state index < -0.39 is 0 Å². The average molecular weight is 410 g/mol. The van der Waals surface area contributed by atoms with Gasteiger partial charge in [-0.2, -0.15) is 4.52 Å². The number of hydrogen-bond donors (Lipinski definition) is 0. The van der Waals surface area contributed by atoms with Crippen molar-refractivity contribution < 1.29 is 14.3 Å². The summed E-state index contributed by atoms with van der Waals surface area (Å²) in [6.45, 7) is 3.13. The molecule has 3 aromatic rings. The van der Waals surface area contributed by atoms with Crippen LogP contribution in [0, 0.1) is 0 Å². The first-order valence-corrected chi connectivity index (χ1v) is 10.1. The third-order valence-corrected chi connectivity index (χ3v) is 5.37. The molecule has 3 heterocycles. The van der Waals surface area contributed by atoms with E-state index >= 15 is 0 Å². The summed E-state index contributed by atoms with van der Waals surface area (Å²) in [6.07, 6.45) is 1.83. The predicted molar refractivity (Wildman–Crippen MR) is 112 cm³/mol. The van der Waals surface area contributed by atoms with Gasteiger partial charge in [0.25, 0.3) is 0 Å². The minimum atomic E-state index is 0.184. The molecule has 1 aliphatic heterocycles. The van der Waals surface area contributed by atoms with Crippen molar-refractivity contribution in [3.63, 3.8) is 0 Å². The van der Waals surface area contributed by atoms with Gasteiger partial charge in [-0.3, -0.25) is 4.79 Å². The summed E-state index contributed by atoms with van der Waals surface area (Å²) in [6, 6.07) is 11.6. The number of rotatable bonds is 7. The fourth-order valence-electron chi connectivity index (χ4n) is 3.64. The Morgan fingerprint density at radius 2 is 1.73 bits per heavy atom.